The second-order valence-corrected chi connectivity index (χ2v) is 9.08. The summed E-state index contributed by atoms with van der Waals surface area (Å²) in [6.07, 6.45) is 10.3. The molecular formula is C28H33N3O2. The van der Waals surface area contributed by atoms with E-state index in [1.165, 1.54) is 19.3 Å². The first kappa shape index (κ1) is 23.1. The molecule has 2 aliphatic rings. The fraction of sp³-hybridized carbons (Fsp3) is 0.429. The first-order chi connectivity index (χ1) is 16.2. The van der Waals surface area contributed by atoms with Crippen LogP contribution in [0, 0.1) is 12.3 Å². The zero-order valence-corrected chi connectivity index (χ0v) is 19.2. The highest BCUT2D eigenvalue weighted by atomic mass is 16.2. The van der Waals surface area contributed by atoms with Gasteiger partial charge in [-0.25, -0.2) is 0 Å². The molecule has 0 aromatic heterocycles. The number of rotatable bonds is 7. The largest absolute Gasteiger partial charge is 0.340 e. The Morgan fingerprint density at radius 3 is 2.12 bits per heavy atom. The minimum atomic E-state index is -0.438. The van der Waals surface area contributed by atoms with Crippen molar-refractivity contribution in [2.75, 3.05) is 39.3 Å². The Morgan fingerprint density at radius 1 is 0.939 bits per heavy atom. The Bertz CT molecular complexity index is 924. The number of nitrogens with zero attached hydrogens (tertiary/aromatic N) is 3. The molecule has 2 aliphatic heterocycles. The van der Waals surface area contributed by atoms with Gasteiger partial charge in [0.2, 0.25) is 5.91 Å². The minimum Gasteiger partial charge on any atom is -0.340 e. The third kappa shape index (κ3) is 5.83. The Balaban J connectivity index is 1.46. The Hall–Kier alpha value is -3.10. The van der Waals surface area contributed by atoms with E-state index in [0.29, 0.717) is 12.6 Å². The number of hydrogen-bond acceptors (Lipinski definition) is 3. The predicted molar refractivity (Wildman–Crippen MR) is 131 cm³/mol. The van der Waals surface area contributed by atoms with Gasteiger partial charge in [-0.2, -0.15) is 0 Å². The molecule has 2 fully saturated rings. The number of likely N-dealkylation sites (tertiary alicyclic amines) is 2. The molecule has 0 radical (unpaired) electrons. The second kappa shape index (κ2) is 11.2. The smallest absolute Gasteiger partial charge is 0.298 e. The molecule has 2 aromatic rings. The van der Waals surface area contributed by atoms with Gasteiger partial charge in [0.05, 0.1) is 0 Å². The van der Waals surface area contributed by atoms with E-state index in [9.17, 15) is 9.59 Å². The zero-order chi connectivity index (χ0) is 23.0. The van der Waals surface area contributed by atoms with E-state index in [-0.39, 0.29) is 18.4 Å². The topological polar surface area (TPSA) is 43.9 Å². The summed E-state index contributed by atoms with van der Waals surface area (Å²) in [5.74, 6) is 1.73. The number of carbonyl (C=O) groups excluding carboxylic acids is 2. The highest BCUT2D eigenvalue weighted by molar-refractivity contribution is 5.95. The van der Waals surface area contributed by atoms with Crippen LogP contribution in [0.2, 0.25) is 0 Å². The summed E-state index contributed by atoms with van der Waals surface area (Å²) < 4.78 is 0. The van der Waals surface area contributed by atoms with Crippen molar-refractivity contribution >= 4 is 11.8 Å². The van der Waals surface area contributed by atoms with Crippen LogP contribution < -0.4 is 0 Å². The molecule has 5 nitrogen and oxygen atoms in total. The van der Waals surface area contributed by atoms with Crippen LogP contribution in [0.25, 0.3) is 0 Å². The van der Waals surface area contributed by atoms with E-state index in [1.54, 1.807) is 4.90 Å². The van der Waals surface area contributed by atoms with Gasteiger partial charge in [-0.05, 0) is 49.4 Å². The molecule has 0 spiro atoms. The van der Waals surface area contributed by atoms with Crippen molar-refractivity contribution < 1.29 is 9.59 Å². The molecule has 33 heavy (non-hydrogen) atoms. The average molecular weight is 444 g/mol. The van der Waals surface area contributed by atoms with E-state index in [0.717, 1.165) is 43.7 Å². The molecular weight excluding hydrogens is 410 g/mol. The summed E-state index contributed by atoms with van der Waals surface area (Å²) in [6.45, 7) is 4.14. The molecule has 0 bridgehead atoms. The molecule has 0 N–H and O–H groups in total. The third-order valence-electron chi connectivity index (χ3n) is 6.97. The number of hydrogen-bond donors (Lipinski definition) is 0. The maximum atomic E-state index is 13.2. The van der Waals surface area contributed by atoms with Crippen LogP contribution in [-0.2, 0) is 9.59 Å². The van der Waals surface area contributed by atoms with Crippen molar-refractivity contribution in [2.24, 2.45) is 0 Å². The van der Waals surface area contributed by atoms with Gasteiger partial charge in [0, 0.05) is 31.6 Å². The highest BCUT2D eigenvalue weighted by Gasteiger charge is 2.32. The maximum absolute atomic E-state index is 13.2. The summed E-state index contributed by atoms with van der Waals surface area (Å²) in [7, 11) is 0. The normalized spacial score (nSPS) is 18.8. The number of carbonyl (C=O) groups is 2. The van der Waals surface area contributed by atoms with Crippen LogP contribution in [0.15, 0.2) is 60.7 Å². The van der Waals surface area contributed by atoms with Gasteiger partial charge in [0.25, 0.3) is 5.91 Å². The van der Waals surface area contributed by atoms with E-state index in [4.69, 9.17) is 6.42 Å². The second-order valence-electron chi connectivity index (χ2n) is 9.08. The minimum absolute atomic E-state index is 0.0158. The van der Waals surface area contributed by atoms with Gasteiger partial charge in [-0.1, -0.05) is 67.1 Å². The fourth-order valence-electron chi connectivity index (χ4n) is 5.12. The van der Waals surface area contributed by atoms with Crippen molar-refractivity contribution in [1.82, 2.24) is 14.7 Å². The SMILES string of the molecule is C#CC(=O)N(CC(=O)N1CC[C@@H](N2CCCCC2)C1)CC(c1ccccc1)c1ccccc1. The van der Waals surface area contributed by atoms with Crippen molar-refractivity contribution in [3.63, 3.8) is 0 Å². The summed E-state index contributed by atoms with van der Waals surface area (Å²) in [5, 5.41) is 0. The molecule has 0 unspecified atom stereocenters. The van der Waals surface area contributed by atoms with Crippen molar-refractivity contribution in [2.45, 2.75) is 37.6 Å². The van der Waals surface area contributed by atoms with E-state index in [1.807, 2.05) is 41.3 Å². The van der Waals surface area contributed by atoms with Crippen LogP contribution in [0.1, 0.15) is 42.7 Å². The van der Waals surface area contributed by atoms with Crippen molar-refractivity contribution in [1.29, 1.82) is 0 Å². The van der Waals surface area contributed by atoms with Gasteiger partial charge in [-0.15, -0.1) is 6.42 Å². The molecule has 172 valence electrons. The highest BCUT2D eigenvalue weighted by Crippen LogP contribution is 2.26. The monoisotopic (exact) mass is 443 g/mol. The maximum Gasteiger partial charge on any atom is 0.298 e. The van der Waals surface area contributed by atoms with Crippen LogP contribution in [0.5, 0.6) is 0 Å². The molecule has 5 heteroatoms. The number of piperidine rings is 1. The average Bonchev–Trinajstić information content (AvgIpc) is 3.38. The van der Waals surface area contributed by atoms with Crippen LogP contribution in [0.4, 0.5) is 0 Å². The van der Waals surface area contributed by atoms with Gasteiger partial charge in [-0.3, -0.25) is 14.5 Å². The van der Waals surface area contributed by atoms with Gasteiger partial charge >= 0.3 is 0 Å². The molecule has 0 aliphatic carbocycles. The fourth-order valence-corrected chi connectivity index (χ4v) is 5.12. The standard InChI is InChI=1S/C28H33N3O2/c1-2-27(32)31(21-26(23-12-6-3-7-13-23)24-14-8-4-9-15-24)22-28(33)30-19-16-25(20-30)29-17-10-5-11-18-29/h1,3-4,6-9,12-15,25-26H,5,10-11,16-22H2/t25-/m1/s1. The van der Waals surface area contributed by atoms with E-state index < -0.39 is 5.91 Å². The van der Waals surface area contributed by atoms with Crippen LogP contribution >= 0.6 is 0 Å². The third-order valence-corrected chi connectivity index (χ3v) is 6.97. The zero-order valence-electron chi connectivity index (χ0n) is 19.2. The summed E-state index contributed by atoms with van der Waals surface area (Å²) >= 11 is 0. The lowest BCUT2D eigenvalue weighted by Gasteiger charge is -2.32. The lowest BCUT2D eigenvalue weighted by atomic mass is 9.90. The van der Waals surface area contributed by atoms with E-state index in [2.05, 4.69) is 35.1 Å². The lowest BCUT2D eigenvalue weighted by Crippen LogP contribution is -2.45. The van der Waals surface area contributed by atoms with Gasteiger partial charge in [0.1, 0.15) is 6.54 Å². The first-order valence-electron chi connectivity index (χ1n) is 12.0. The molecule has 2 aromatic carbocycles. The van der Waals surface area contributed by atoms with Gasteiger partial charge < -0.3 is 9.80 Å². The van der Waals surface area contributed by atoms with E-state index >= 15 is 0 Å². The Labute approximate surface area is 197 Å². The molecule has 2 heterocycles. The molecule has 2 amide bonds. The summed E-state index contributed by atoms with van der Waals surface area (Å²) in [6, 6.07) is 20.6. The summed E-state index contributed by atoms with van der Waals surface area (Å²) in [4.78, 5) is 31.9. The first-order valence-corrected chi connectivity index (χ1v) is 12.0. The Kier molecular flexibility index (Phi) is 7.80. The number of amides is 2. The van der Waals surface area contributed by atoms with Crippen molar-refractivity contribution in [3.05, 3.63) is 71.8 Å². The number of benzene rings is 2. The molecule has 0 saturated carbocycles. The van der Waals surface area contributed by atoms with Gasteiger partial charge in [0.15, 0.2) is 0 Å². The van der Waals surface area contributed by atoms with Crippen LogP contribution in [0.3, 0.4) is 0 Å². The predicted octanol–water partition coefficient (Wildman–Crippen LogP) is 3.37. The van der Waals surface area contributed by atoms with Crippen molar-refractivity contribution in [3.8, 4) is 12.3 Å². The molecule has 2 saturated heterocycles. The Morgan fingerprint density at radius 2 is 1.55 bits per heavy atom. The van der Waals surface area contributed by atoms with Crippen LogP contribution in [-0.4, -0.2) is 71.8 Å². The quantitative estimate of drug-likeness (QED) is 0.617. The molecule has 4 rings (SSSR count). The number of terminal acetylenes is 1. The lowest BCUT2D eigenvalue weighted by molar-refractivity contribution is -0.137. The summed E-state index contributed by atoms with van der Waals surface area (Å²) in [5.41, 5.74) is 2.19. The molecule has 1 atom stereocenters.